The highest BCUT2D eigenvalue weighted by Gasteiger charge is 2.60. The van der Waals surface area contributed by atoms with Crippen LogP contribution < -0.4 is 10.6 Å². The Hall–Kier alpha value is -2.64. The minimum atomic E-state index is -0.586. The largest absolute Gasteiger partial charge is 0.322 e. The third-order valence-corrected chi connectivity index (χ3v) is 11.4. The van der Waals surface area contributed by atoms with E-state index in [9.17, 15) is 14.4 Å². The van der Waals surface area contributed by atoms with Crippen molar-refractivity contribution in [3.8, 4) is 0 Å². The van der Waals surface area contributed by atoms with Crippen LogP contribution in [0.5, 0.6) is 0 Å². The molecule has 38 heavy (non-hydrogen) atoms. The normalized spacial score (nSPS) is 29.6. The number of benzene rings is 2. The molecule has 2 saturated carbocycles. The number of thioether (sulfide) groups is 1. The lowest BCUT2D eigenvalue weighted by Gasteiger charge is -2.39. The molecule has 1 saturated heterocycles. The van der Waals surface area contributed by atoms with Gasteiger partial charge in [-0.25, -0.2) is 0 Å². The Morgan fingerprint density at radius 1 is 1.05 bits per heavy atom. The maximum Gasteiger partial charge on any atom is 0.255 e. The number of amides is 3. The molecule has 2 bridgehead atoms. The summed E-state index contributed by atoms with van der Waals surface area (Å²) >= 11 is 1.74. The van der Waals surface area contributed by atoms with Crippen LogP contribution >= 0.6 is 11.8 Å². The van der Waals surface area contributed by atoms with Gasteiger partial charge in [0.05, 0.1) is 0 Å². The Labute approximate surface area is 229 Å². The number of nitrogens with one attached hydrogen (secondary N) is 2. The van der Waals surface area contributed by atoms with Gasteiger partial charge in [-0.15, -0.1) is 11.8 Å². The molecule has 6 nitrogen and oxygen atoms in total. The molecule has 200 valence electrons. The number of hydrogen-bond donors (Lipinski definition) is 2. The second kappa shape index (κ2) is 9.53. The maximum atomic E-state index is 13.1. The molecule has 4 atom stereocenters. The lowest BCUT2D eigenvalue weighted by atomic mass is 9.69. The second-order valence-electron chi connectivity index (χ2n) is 12.3. The summed E-state index contributed by atoms with van der Waals surface area (Å²) in [6, 6.07) is 14.6. The highest BCUT2D eigenvalue weighted by atomic mass is 32.2. The number of imide groups is 1. The monoisotopic (exact) mass is 531 g/mol. The van der Waals surface area contributed by atoms with Crippen molar-refractivity contribution in [3.63, 3.8) is 0 Å². The van der Waals surface area contributed by atoms with Crippen LogP contribution in [0.15, 0.2) is 47.4 Å². The molecular weight excluding hydrogens is 494 g/mol. The third kappa shape index (κ3) is 4.19. The predicted octanol–water partition coefficient (Wildman–Crippen LogP) is 5.04. The van der Waals surface area contributed by atoms with Crippen molar-refractivity contribution in [2.45, 2.75) is 88.7 Å². The van der Waals surface area contributed by atoms with Gasteiger partial charge in [-0.3, -0.25) is 19.7 Å². The SMILES string of the molecule is CC1(C)[C@@H]2CC[C@@]1(C)[C@@H](NCc1cccc(CSc3cccc4c3CN(C3CCC(=O)NC3=O)C4=O)c1)C2. The molecule has 2 aromatic carbocycles. The number of carbonyl (C=O) groups excluding carboxylic acids is 3. The number of carbonyl (C=O) groups is 3. The zero-order valence-electron chi connectivity index (χ0n) is 22.5. The zero-order valence-corrected chi connectivity index (χ0v) is 23.3. The van der Waals surface area contributed by atoms with Crippen molar-refractivity contribution in [3.05, 3.63) is 64.7 Å². The van der Waals surface area contributed by atoms with Crippen molar-refractivity contribution in [1.82, 2.24) is 15.5 Å². The summed E-state index contributed by atoms with van der Waals surface area (Å²) in [6.45, 7) is 8.70. The van der Waals surface area contributed by atoms with E-state index in [2.05, 4.69) is 61.7 Å². The molecule has 2 aliphatic heterocycles. The van der Waals surface area contributed by atoms with Crippen molar-refractivity contribution in [2.75, 3.05) is 0 Å². The van der Waals surface area contributed by atoms with E-state index < -0.39 is 6.04 Å². The van der Waals surface area contributed by atoms with Crippen molar-refractivity contribution < 1.29 is 14.4 Å². The van der Waals surface area contributed by atoms with Gasteiger partial charge < -0.3 is 10.2 Å². The van der Waals surface area contributed by atoms with Gasteiger partial charge in [0.1, 0.15) is 6.04 Å². The Kier molecular flexibility index (Phi) is 6.42. The Balaban J connectivity index is 1.10. The summed E-state index contributed by atoms with van der Waals surface area (Å²) in [4.78, 5) is 39.8. The maximum absolute atomic E-state index is 13.1. The summed E-state index contributed by atoms with van der Waals surface area (Å²) in [6.07, 6.45) is 4.62. The fourth-order valence-corrected chi connectivity index (χ4v) is 8.46. The predicted molar refractivity (Wildman–Crippen MR) is 148 cm³/mol. The molecule has 2 aromatic rings. The van der Waals surface area contributed by atoms with Crippen molar-refractivity contribution >= 4 is 29.5 Å². The third-order valence-electron chi connectivity index (χ3n) is 10.3. The zero-order chi connectivity index (χ0) is 26.7. The minimum absolute atomic E-state index is 0.123. The van der Waals surface area contributed by atoms with Crippen LogP contribution in [0.25, 0.3) is 0 Å². The first-order valence-electron chi connectivity index (χ1n) is 13.9. The molecule has 6 rings (SSSR count). The molecule has 0 aromatic heterocycles. The van der Waals surface area contributed by atoms with E-state index in [4.69, 9.17) is 0 Å². The first-order chi connectivity index (χ1) is 18.2. The van der Waals surface area contributed by atoms with E-state index >= 15 is 0 Å². The van der Waals surface area contributed by atoms with Gasteiger partial charge in [0.25, 0.3) is 5.91 Å². The fraction of sp³-hybridized carbons (Fsp3) is 0.516. The molecule has 2 aliphatic carbocycles. The van der Waals surface area contributed by atoms with Crippen LogP contribution in [0.3, 0.4) is 0 Å². The molecule has 4 aliphatic rings. The number of rotatable bonds is 7. The fourth-order valence-electron chi connectivity index (χ4n) is 7.44. The molecule has 3 fully saturated rings. The molecule has 0 radical (unpaired) electrons. The Morgan fingerprint density at radius 2 is 1.84 bits per heavy atom. The average Bonchev–Trinajstić information content (AvgIpc) is 3.41. The van der Waals surface area contributed by atoms with Gasteiger partial charge in [-0.2, -0.15) is 0 Å². The summed E-state index contributed by atoms with van der Waals surface area (Å²) in [7, 11) is 0. The molecule has 3 amide bonds. The van der Waals surface area contributed by atoms with Gasteiger partial charge in [0.2, 0.25) is 11.8 Å². The number of nitrogens with zero attached hydrogens (tertiary/aromatic N) is 1. The first kappa shape index (κ1) is 25.6. The molecule has 1 unspecified atom stereocenters. The number of piperidine rings is 1. The van der Waals surface area contributed by atoms with Crippen LogP contribution in [-0.2, 0) is 28.4 Å². The summed E-state index contributed by atoms with van der Waals surface area (Å²) in [5, 5.41) is 6.28. The smallest absolute Gasteiger partial charge is 0.255 e. The van der Waals surface area contributed by atoms with Crippen LogP contribution in [-0.4, -0.2) is 34.7 Å². The van der Waals surface area contributed by atoms with Gasteiger partial charge in [-0.05, 0) is 71.3 Å². The van der Waals surface area contributed by atoms with Crippen molar-refractivity contribution in [2.24, 2.45) is 16.7 Å². The molecule has 2 N–H and O–H groups in total. The minimum Gasteiger partial charge on any atom is -0.322 e. The van der Waals surface area contributed by atoms with Crippen LogP contribution in [0.2, 0.25) is 0 Å². The van der Waals surface area contributed by atoms with E-state index in [1.807, 2.05) is 12.1 Å². The van der Waals surface area contributed by atoms with Crippen LogP contribution in [0.4, 0.5) is 0 Å². The van der Waals surface area contributed by atoms with Crippen molar-refractivity contribution in [1.29, 1.82) is 0 Å². The number of hydrogen-bond acceptors (Lipinski definition) is 5. The van der Waals surface area contributed by atoms with E-state index in [1.54, 1.807) is 16.7 Å². The topological polar surface area (TPSA) is 78.5 Å². The second-order valence-corrected chi connectivity index (χ2v) is 13.4. The van der Waals surface area contributed by atoms with E-state index in [-0.39, 0.29) is 24.1 Å². The molecule has 7 heteroatoms. The standard InChI is InChI=1S/C31H37N3O3S/c1-30(2)21-12-13-31(30,3)26(15-21)32-16-19-6-4-7-20(14-19)18-38-25-9-5-8-22-23(25)17-34(29(22)37)24-10-11-27(35)33-28(24)36/h4-9,14,21,24,26,32H,10-13,15-18H2,1-3H3,(H,33,35,36)/t21-,24?,26+,31+/m1/s1. The Morgan fingerprint density at radius 3 is 2.58 bits per heavy atom. The molecule has 0 spiro atoms. The van der Waals surface area contributed by atoms with E-state index in [0.29, 0.717) is 35.4 Å². The highest BCUT2D eigenvalue weighted by Crippen LogP contribution is 2.65. The summed E-state index contributed by atoms with van der Waals surface area (Å²) < 4.78 is 0. The quantitative estimate of drug-likeness (QED) is 0.386. The van der Waals surface area contributed by atoms with Gasteiger partial charge in [-0.1, -0.05) is 51.1 Å². The molecule has 2 heterocycles. The summed E-state index contributed by atoms with van der Waals surface area (Å²) in [5.41, 5.74) is 5.01. The first-order valence-corrected chi connectivity index (χ1v) is 14.9. The Bertz CT molecular complexity index is 1310. The van der Waals surface area contributed by atoms with Gasteiger partial charge in [0, 0.05) is 41.8 Å². The lowest BCUT2D eigenvalue weighted by Crippen LogP contribution is -2.52. The van der Waals surface area contributed by atoms with Gasteiger partial charge >= 0.3 is 0 Å². The van der Waals surface area contributed by atoms with E-state index in [1.165, 1.54) is 30.4 Å². The summed E-state index contributed by atoms with van der Waals surface area (Å²) in [5.74, 6) is 0.885. The van der Waals surface area contributed by atoms with Gasteiger partial charge in [0.15, 0.2) is 0 Å². The van der Waals surface area contributed by atoms with E-state index in [0.717, 1.165) is 28.7 Å². The lowest BCUT2D eigenvalue weighted by molar-refractivity contribution is -0.136. The molecular formula is C31H37N3O3S. The average molecular weight is 532 g/mol. The van der Waals surface area contributed by atoms with Crippen LogP contribution in [0, 0.1) is 16.7 Å². The number of fused-ring (bicyclic) bond motifs is 3. The highest BCUT2D eigenvalue weighted by molar-refractivity contribution is 7.98. The van der Waals surface area contributed by atoms with Crippen LogP contribution in [0.1, 0.15) is 79.9 Å².